The van der Waals surface area contributed by atoms with Crippen molar-refractivity contribution in [1.82, 2.24) is 5.32 Å². The van der Waals surface area contributed by atoms with E-state index in [0.29, 0.717) is 18.5 Å². The van der Waals surface area contributed by atoms with Crippen LogP contribution in [0.15, 0.2) is 18.2 Å². The lowest BCUT2D eigenvalue weighted by molar-refractivity contribution is 0.0475. The minimum absolute atomic E-state index is 0.0603. The molecular weight excluding hydrogens is 230 g/mol. The fourth-order valence-corrected chi connectivity index (χ4v) is 2.09. The minimum Gasteiger partial charge on any atom is -0.507 e. The van der Waals surface area contributed by atoms with E-state index in [1.54, 1.807) is 13.0 Å². The molecule has 0 bridgehead atoms. The number of aliphatic hydroxyl groups is 1. The maximum absolute atomic E-state index is 10.1. The Hall–Kier alpha value is -1.26. The zero-order valence-corrected chi connectivity index (χ0v) is 11.3. The smallest absolute Gasteiger partial charge is 0.124 e. The van der Waals surface area contributed by atoms with E-state index in [1.807, 2.05) is 13.8 Å². The molecule has 2 unspecified atom stereocenters. The van der Waals surface area contributed by atoms with Crippen LogP contribution in [0.1, 0.15) is 45.2 Å². The summed E-state index contributed by atoms with van der Waals surface area (Å²) in [4.78, 5) is 0. The summed E-state index contributed by atoms with van der Waals surface area (Å²) in [5, 5.41) is 32.7. The van der Waals surface area contributed by atoms with Crippen LogP contribution in [-0.4, -0.2) is 27.5 Å². The molecule has 4 N–H and O–H groups in total. The van der Waals surface area contributed by atoms with Gasteiger partial charge in [-0.3, -0.25) is 0 Å². The predicted molar refractivity (Wildman–Crippen MR) is 71.7 cm³/mol. The van der Waals surface area contributed by atoms with Crippen molar-refractivity contribution in [2.45, 2.75) is 45.3 Å². The molecule has 0 aromatic heterocycles. The third-order valence-corrected chi connectivity index (χ3v) is 3.07. The third kappa shape index (κ3) is 3.89. The number of phenolic OH excluding ortho intramolecular Hbond substituents is 2. The lowest BCUT2D eigenvalue weighted by Gasteiger charge is -2.26. The van der Waals surface area contributed by atoms with Gasteiger partial charge in [0.25, 0.3) is 0 Å². The van der Waals surface area contributed by atoms with E-state index in [1.165, 1.54) is 12.1 Å². The number of rotatable bonds is 6. The number of phenols is 2. The first-order valence-electron chi connectivity index (χ1n) is 6.34. The lowest BCUT2D eigenvalue weighted by atomic mass is 9.99. The van der Waals surface area contributed by atoms with E-state index in [2.05, 4.69) is 5.32 Å². The van der Waals surface area contributed by atoms with Crippen LogP contribution in [0.4, 0.5) is 0 Å². The van der Waals surface area contributed by atoms with E-state index in [-0.39, 0.29) is 17.5 Å². The average molecular weight is 253 g/mol. The third-order valence-electron chi connectivity index (χ3n) is 3.07. The minimum atomic E-state index is -0.775. The summed E-state index contributed by atoms with van der Waals surface area (Å²) in [5.41, 5.74) is -0.312. The molecule has 4 heteroatoms. The highest BCUT2D eigenvalue weighted by Crippen LogP contribution is 2.32. The van der Waals surface area contributed by atoms with Gasteiger partial charge < -0.3 is 20.6 Å². The topological polar surface area (TPSA) is 72.7 Å². The summed E-state index contributed by atoms with van der Waals surface area (Å²) in [6, 6.07) is 4.44. The molecule has 1 aromatic rings. The van der Waals surface area contributed by atoms with E-state index < -0.39 is 5.60 Å². The van der Waals surface area contributed by atoms with Crippen LogP contribution < -0.4 is 5.32 Å². The molecule has 0 aliphatic carbocycles. The molecule has 18 heavy (non-hydrogen) atoms. The van der Waals surface area contributed by atoms with Crippen LogP contribution in [0.3, 0.4) is 0 Å². The lowest BCUT2D eigenvalue weighted by Crippen LogP contribution is -2.38. The summed E-state index contributed by atoms with van der Waals surface area (Å²) in [6.45, 7) is 6.06. The van der Waals surface area contributed by atoms with Crippen LogP contribution in [0.2, 0.25) is 0 Å². The van der Waals surface area contributed by atoms with Gasteiger partial charge in [0, 0.05) is 12.6 Å². The summed E-state index contributed by atoms with van der Waals surface area (Å²) >= 11 is 0. The second kappa shape index (κ2) is 6.07. The molecule has 1 rings (SSSR count). The van der Waals surface area contributed by atoms with Crippen LogP contribution in [0.25, 0.3) is 0 Å². The first-order valence-corrected chi connectivity index (χ1v) is 6.34. The van der Waals surface area contributed by atoms with Crippen molar-refractivity contribution in [3.63, 3.8) is 0 Å². The van der Waals surface area contributed by atoms with E-state index in [0.717, 1.165) is 6.42 Å². The van der Waals surface area contributed by atoms with Gasteiger partial charge in [-0.05, 0) is 32.4 Å². The molecule has 0 spiro atoms. The van der Waals surface area contributed by atoms with Gasteiger partial charge in [-0.1, -0.05) is 19.4 Å². The normalized spacial score (nSPS) is 16.2. The van der Waals surface area contributed by atoms with Gasteiger partial charge in [0.2, 0.25) is 0 Å². The standard InChI is InChI=1S/C14H23NO3/c1-4-8-14(3,18)9-15-10(2)13-11(16)6-5-7-12(13)17/h5-7,10,15-18H,4,8-9H2,1-3H3. The first kappa shape index (κ1) is 14.8. The molecule has 102 valence electrons. The summed E-state index contributed by atoms with van der Waals surface area (Å²) < 4.78 is 0. The van der Waals surface area contributed by atoms with Gasteiger partial charge in [-0.2, -0.15) is 0 Å². The second-order valence-electron chi connectivity index (χ2n) is 5.06. The maximum Gasteiger partial charge on any atom is 0.124 e. The van der Waals surface area contributed by atoms with Gasteiger partial charge in [-0.15, -0.1) is 0 Å². The number of aromatic hydroxyl groups is 2. The number of benzene rings is 1. The quantitative estimate of drug-likeness (QED) is 0.627. The van der Waals surface area contributed by atoms with Crippen molar-refractivity contribution in [3.8, 4) is 11.5 Å². The maximum atomic E-state index is 10.1. The second-order valence-corrected chi connectivity index (χ2v) is 5.06. The first-order chi connectivity index (χ1) is 8.37. The fraction of sp³-hybridized carbons (Fsp3) is 0.571. The summed E-state index contributed by atoms with van der Waals surface area (Å²) in [7, 11) is 0. The number of hydrogen-bond donors (Lipinski definition) is 4. The number of hydrogen-bond acceptors (Lipinski definition) is 4. The highest BCUT2D eigenvalue weighted by molar-refractivity contribution is 5.44. The Morgan fingerprint density at radius 2 is 1.83 bits per heavy atom. The molecule has 0 aliphatic heterocycles. The zero-order valence-electron chi connectivity index (χ0n) is 11.3. The van der Waals surface area contributed by atoms with Crippen LogP contribution in [0.5, 0.6) is 11.5 Å². The van der Waals surface area contributed by atoms with Crippen LogP contribution in [0, 0.1) is 0 Å². The molecule has 0 aliphatic rings. The molecule has 0 amide bonds. The van der Waals surface area contributed by atoms with E-state index in [4.69, 9.17) is 0 Å². The average Bonchev–Trinajstić information content (AvgIpc) is 2.26. The Balaban J connectivity index is 2.69. The molecule has 4 nitrogen and oxygen atoms in total. The van der Waals surface area contributed by atoms with Gasteiger partial charge in [-0.25, -0.2) is 0 Å². The highest BCUT2D eigenvalue weighted by atomic mass is 16.3. The molecular formula is C14H23NO3. The molecule has 0 saturated heterocycles. The highest BCUT2D eigenvalue weighted by Gasteiger charge is 2.21. The molecule has 0 fully saturated rings. The van der Waals surface area contributed by atoms with E-state index >= 15 is 0 Å². The van der Waals surface area contributed by atoms with Crippen molar-refractivity contribution in [2.24, 2.45) is 0 Å². The SMILES string of the molecule is CCCC(C)(O)CNC(C)c1c(O)cccc1O. The van der Waals surface area contributed by atoms with Crippen molar-refractivity contribution in [2.75, 3.05) is 6.54 Å². The molecule has 0 heterocycles. The van der Waals surface area contributed by atoms with Crippen LogP contribution >= 0.6 is 0 Å². The summed E-state index contributed by atoms with van der Waals surface area (Å²) in [5.74, 6) is 0.121. The molecule has 0 radical (unpaired) electrons. The Labute approximate surface area is 108 Å². The predicted octanol–water partition coefficient (Wildman–Crippen LogP) is 2.30. The monoisotopic (exact) mass is 253 g/mol. The van der Waals surface area contributed by atoms with Gasteiger partial charge >= 0.3 is 0 Å². The number of nitrogens with one attached hydrogen (secondary N) is 1. The van der Waals surface area contributed by atoms with Crippen molar-refractivity contribution in [3.05, 3.63) is 23.8 Å². The Bertz CT molecular complexity index is 370. The molecule has 0 saturated carbocycles. The Morgan fingerprint density at radius 3 is 2.33 bits per heavy atom. The van der Waals surface area contributed by atoms with Gasteiger partial charge in [0.15, 0.2) is 0 Å². The van der Waals surface area contributed by atoms with E-state index in [9.17, 15) is 15.3 Å². The van der Waals surface area contributed by atoms with Crippen molar-refractivity contribution >= 4 is 0 Å². The molecule has 2 atom stereocenters. The van der Waals surface area contributed by atoms with Gasteiger partial charge in [0.05, 0.1) is 11.2 Å². The van der Waals surface area contributed by atoms with Crippen LogP contribution in [-0.2, 0) is 0 Å². The summed E-state index contributed by atoms with van der Waals surface area (Å²) in [6.07, 6.45) is 1.62. The van der Waals surface area contributed by atoms with Crippen molar-refractivity contribution < 1.29 is 15.3 Å². The fourth-order valence-electron chi connectivity index (χ4n) is 2.09. The zero-order chi connectivity index (χ0) is 13.8. The largest absolute Gasteiger partial charge is 0.507 e. The van der Waals surface area contributed by atoms with Gasteiger partial charge in [0.1, 0.15) is 11.5 Å². The van der Waals surface area contributed by atoms with Crippen molar-refractivity contribution in [1.29, 1.82) is 0 Å². The molecule has 1 aromatic carbocycles. The Morgan fingerprint density at radius 1 is 1.28 bits per heavy atom. The Kier molecular flexibility index (Phi) is 4.99.